The van der Waals surface area contributed by atoms with Crippen molar-refractivity contribution in [1.82, 2.24) is 9.55 Å². The molecule has 0 spiro atoms. The number of para-hydroxylation sites is 2. The Morgan fingerprint density at radius 2 is 2.00 bits per heavy atom. The molecule has 0 unspecified atom stereocenters. The number of rotatable bonds is 3. The van der Waals surface area contributed by atoms with Crippen LogP contribution in [0.3, 0.4) is 0 Å². The normalized spacial score (nSPS) is 11.2. The van der Waals surface area contributed by atoms with Gasteiger partial charge in [0.25, 0.3) is 0 Å². The molecule has 0 aliphatic carbocycles. The molecule has 0 aliphatic rings. The largest absolute Gasteiger partial charge is 0.323 e. The first-order valence-electron chi connectivity index (χ1n) is 6.57. The fraction of sp³-hybridized carbons (Fsp3) is 0.188. The molecule has 102 valence electrons. The molecule has 0 saturated carbocycles. The minimum atomic E-state index is -0.383. The van der Waals surface area contributed by atoms with E-state index in [-0.39, 0.29) is 10.8 Å². The van der Waals surface area contributed by atoms with Crippen molar-refractivity contribution in [3.05, 3.63) is 64.7 Å². The van der Waals surface area contributed by atoms with Gasteiger partial charge in [0.15, 0.2) is 0 Å². The second-order valence-corrected chi connectivity index (χ2v) is 5.11. The Kier molecular flexibility index (Phi) is 3.45. The van der Waals surface area contributed by atoms with Crippen molar-refractivity contribution in [3.8, 4) is 0 Å². The standard InChI is InChI=1S/C16H14ClFN2/c1-2-16-19-14-5-3-4-6-15(14)20(16)10-11-7-8-12(17)13(18)9-11/h3-9H,2,10H2,1H3. The molecular weight excluding hydrogens is 275 g/mol. The summed E-state index contributed by atoms with van der Waals surface area (Å²) in [5.74, 6) is 0.619. The molecule has 4 heteroatoms. The SMILES string of the molecule is CCc1nc2ccccc2n1Cc1ccc(Cl)c(F)c1. The molecule has 0 atom stereocenters. The molecule has 3 rings (SSSR count). The van der Waals surface area contributed by atoms with Crippen molar-refractivity contribution >= 4 is 22.6 Å². The van der Waals surface area contributed by atoms with Gasteiger partial charge >= 0.3 is 0 Å². The highest BCUT2D eigenvalue weighted by atomic mass is 35.5. The molecule has 2 aromatic carbocycles. The van der Waals surface area contributed by atoms with Crippen LogP contribution in [0.4, 0.5) is 4.39 Å². The number of halogens is 2. The maximum absolute atomic E-state index is 13.5. The highest BCUT2D eigenvalue weighted by Crippen LogP contribution is 2.20. The summed E-state index contributed by atoms with van der Waals surface area (Å²) < 4.78 is 15.7. The number of hydrogen-bond donors (Lipinski definition) is 0. The Bertz CT molecular complexity index is 764. The van der Waals surface area contributed by atoms with Gasteiger partial charge in [-0.2, -0.15) is 0 Å². The number of fused-ring (bicyclic) bond motifs is 1. The van der Waals surface area contributed by atoms with E-state index in [2.05, 4.69) is 16.5 Å². The van der Waals surface area contributed by atoms with E-state index >= 15 is 0 Å². The Morgan fingerprint density at radius 1 is 1.20 bits per heavy atom. The van der Waals surface area contributed by atoms with Crippen LogP contribution in [0.5, 0.6) is 0 Å². The summed E-state index contributed by atoms with van der Waals surface area (Å²) in [7, 11) is 0. The van der Waals surface area contributed by atoms with E-state index in [1.165, 1.54) is 6.07 Å². The molecule has 1 aromatic heterocycles. The van der Waals surface area contributed by atoms with Gasteiger partial charge in [-0.15, -0.1) is 0 Å². The summed E-state index contributed by atoms with van der Waals surface area (Å²) in [6.45, 7) is 2.66. The molecule has 0 saturated heterocycles. The minimum absolute atomic E-state index is 0.153. The summed E-state index contributed by atoms with van der Waals surface area (Å²) >= 11 is 5.72. The van der Waals surface area contributed by atoms with Gasteiger partial charge in [0.05, 0.1) is 16.1 Å². The number of benzene rings is 2. The lowest BCUT2D eigenvalue weighted by Crippen LogP contribution is -2.04. The zero-order chi connectivity index (χ0) is 14.1. The van der Waals surface area contributed by atoms with E-state index in [4.69, 9.17) is 11.6 Å². The van der Waals surface area contributed by atoms with Gasteiger partial charge in [0, 0.05) is 13.0 Å². The second kappa shape index (κ2) is 5.25. The number of aryl methyl sites for hydroxylation is 1. The maximum atomic E-state index is 13.5. The van der Waals surface area contributed by atoms with Crippen LogP contribution in [0, 0.1) is 5.82 Å². The molecule has 2 nitrogen and oxygen atoms in total. The zero-order valence-corrected chi connectivity index (χ0v) is 11.9. The highest BCUT2D eigenvalue weighted by molar-refractivity contribution is 6.30. The van der Waals surface area contributed by atoms with Crippen molar-refractivity contribution in [3.63, 3.8) is 0 Å². The first-order valence-corrected chi connectivity index (χ1v) is 6.95. The van der Waals surface area contributed by atoms with Crippen molar-refractivity contribution < 1.29 is 4.39 Å². The molecule has 0 aliphatic heterocycles. The smallest absolute Gasteiger partial charge is 0.142 e. The maximum Gasteiger partial charge on any atom is 0.142 e. The van der Waals surface area contributed by atoms with Gasteiger partial charge in [0.1, 0.15) is 11.6 Å². The third-order valence-corrected chi connectivity index (χ3v) is 3.68. The molecule has 0 N–H and O–H groups in total. The van der Waals surface area contributed by atoms with Gasteiger partial charge in [-0.1, -0.05) is 36.7 Å². The lowest BCUT2D eigenvalue weighted by atomic mass is 10.2. The third-order valence-electron chi connectivity index (χ3n) is 3.37. The topological polar surface area (TPSA) is 17.8 Å². The average Bonchev–Trinajstić information content (AvgIpc) is 2.81. The van der Waals surface area contributed by atoms with Gasteiger partial charge in [0.2, 0.25) is 0 Å². The zero-order valence-electron chi connectivity index (χ0n) is 11.1. The van der Waals surface area contributed by atoms with Crippen LogP contribution in [-0.4, -0.2) is 9.55 Å². The predicted molar refractivity (Wildman–Crippen MR) is 79.6 cm³/mol. The summed E-state index contributed by atoms with van der Waals surface area (Å²) in [6.07, 6.45) is 0.838. The molecular formula is C16H14ClFN2. The Labute approximate surface area is 121 Å². The molecule has 0 amide bonds. The van der Waals surface area contributed by atoms with E-state index in [9.17, 15) is 4.39 Å². The van der Waals surface area contributed by atoms with E-state index in [0.29, 0.717) is 6.54 Å². The number of imidazole rings is 1. The molecule has 0 radical (unpaired) electrons. The number of hydrogen-bond acceptors (Lipinski definition) is 1. The van der Waals surface area contributed by atoms with E-state index in [1.807, 2.05) is 30.3 Å². The van der Waals surface area contributed by atoms with Gasteiger partial charge < -0.3 is 4.57 Å². The van der Waals surface area contributed by atoms with Crippen molar-refractivity contribution in [2.24, 2.45) is 0 Å². The predicted octanol–water partition coefficient (Wildman–Crippen LogP) is 4.44. The minimum Gasteiger partial charge on any atom is -0.323 e. The quantitative estimate of drug-likeness (QED) is 0.697. The van der Waals surface area contributed by atoms with Crippen LogP contribution in [0.25, 0.3) is 11.0 Å². The number of aromatic nitrogens is 2. The summed E-state index contributed by atoms with van der Waals surface area (Å²) in [4.78, 5) is 4.61. The van der Waals surface area contributed by atoms with Gasteiger partial charge in [-0.25, -0.2) is 9.37 Å². The molecule has 20 heavy (non-hydrogen) atoms. The highest BCUT2D eigenvalue weighted by Gasteiger charge is 2.10. The lowest BCUT2D eigenvalue weighted by Gasteiger charge is -2.09. The van der Waals surface area contributed by atoms with Crippen LogP contribution in [0.15, 0.2) is 42.5 Å². The van der Waals surface area contributed by atoms with Crippen LogP contribution < -0.4 is 0 Å². The van der Waals surface area contributed by atoms with Crippen molar-refractivity contribution in [2.45, 2.75) is 19.9 Å². The molecule has 0 bridgehead atoms. The Balaban J connectivity index is 2.07. The van der Waals surface area contributed by atoms with E-state index in [0.717, 1.165) is 28.8 Å². The van der Waals surface area contributed by atoms with Crippen molar-refractivity contribution in [1.29, 1.82) is 0 Å². The fourth-order valence-corrected chi connectivity index (χ4v) is 2.51. The van der Waals surface area contributed by atoms with Gasteiger partial charge in [-0.05, 0) is 29.8 Å². The van der Waals surface area contributed by atoms with Crippen LogP contribution >= 0.6 is 11.6 Å². The Morgan fingerprint density at radius 3 is 2.75 bits per heavy atom. The van der Waals surface area contributed by atoms with Gasteiger partial charge in [-0.3, -0.25) is 0 Å². The molecule has 1 heterocycles. The van der Waals surface area contributed by atoms with Crippen LogP contribution in [0.2, 0.25) is 5.02 Å². The summed E-state index contributed by atoms with van der Waals surface area (Å²) in [6, 6.07) is 12.9. The van der Waals surface area contributed by atoms with Crippen LogP contribution in [0.1, 0.15) is 18.3 Å². The van der Waals surface area contributed by atoms with E-state index < -0.39 is 0 Å². The fourth-order valence-electron chi connectivity index (χ4n) is 2.39. The third kappa shape index (κ3) is 2.29. The molecule has 0 fully saturated rings. The molecule has 3 aromatic rings. The number of nitrogens with zero attached hydrogens (tertiary/aromatic N) is 2. The monoisotopic (exact) mass is 288 g/mol. The summed E-state index contributed by atoms with van der Waals surface area (Å²) in [5, 5.41) is 0.153. The van der Waals surface area contributed by atoms with Crippen molar-refractivity contribution in [2.75, 3.05) is 0 Å². The lowest BCUT2D eigenvalue weighted by molar-refractivity contribution is 0.623. The Hall–Kier alpha value is -1.87. The summed E-state index contributed by atoms with van der Waals surface area (Å²) in [5.41, 5.74) is 2.92. The van der Waals surface area contributed by atoms with Crippen LogP contribution in [-0.2, 0) is 13.0 Å². The average molecular weight is 289 g/mol. The first kappa shape index (κ1) is 13.1. The second-order valence-electron chi connectivity index (χ2n) is 4.70. The first-order chi connectivity index (χ1) is 9.69. The van der Waals surface area contributed by atoms with E-state index in [1.54, 1.807) is 6.07 Å².